The van der Waals surface area contributed by atoms with Crippen LogP contribution in [-0.2, 0) is 6.54 Å². The number of hydrogen-bond acceptors (Lipinski definition) is 2. The number of aromatic nitrogens is 2. The number of methoxy groups -OCH3 is 1. The van der Waals surface area contributed by atoms with Gasteiger partial charge in [-0.05, 0) is 42.8 Å². The van der Waals surface area contributed by atoms with Crippen molar-refractivity contribution in [2.45, 2.75) is 26.3 Å². The average Bonchev–Trinajstić information content (AvgIpc) is 3.00. The van der Waals surface area contributed by atoms with E-state index in [4.69, 9.17) is 9.72 Å². The van der Waals surface area contributed by atoms with Crippen molar-refractivity contribution < 1.29 is 4.74 Å². The Hall–Kier alpha value is -2.81. The molecule has 0 aliphatic rings. The van der Waals surface area contributed by atoms with Crippen LogP contribution in [0.1, 0.15) is 19.8 Å². The predicted molar refractivity (Wildman–Crippen MR) is 104 cm³/mol. The molecule has 2 heterocycles. The van der Waals surface area contributed by atoms with Gasteiger partial charge in [-0.3, -0.25) is 4.98 Å². The zero-order chi connectivity index (χ0) is 17.2. The van der Waals surface area contributed by atoms with E-state index in [1.807, 2.05) is 18.3 Å². The molecular weight excluding hydrogens is 308 g/mol. The molecule has 0 amide bonds. The lowest BCUT2D eigenvalue weighted by molar-refractivity contribution is 0.415. The van der Waals surface area contributed by atoms with Crippen LogP contribution in [0.2, 0.25) is 0 Å². The molecule has 0 radical (unpaired) electrons. The van der Waals surface area contributed by atoms with Gasteiger partial charge in [-0.1, -0.05) is 31.5 Å². The summed E-state index contributed by atoms with van der Waals surface area (Å²) in [5, 5.41) is 2.57. The molecule has 0 unspecified atom stereocenters. The smallest absolute Gasteiger partial charge is 0.118 e. The number of ether oxygens (including phenoxy) is 1. The fourth-order valence-electron chi connectivity index (χ4n) is 3.51. The fourth-order valence-corrected chi connectivity index (χ4v) is 3.51. The highest BCUT2D eigenvalue weighted by Crippen LogP contribution is 2.35. The standard InChI is InChI=1S/C22H22N2O/c1-3-4-15-24-20-8-6-5-7-18(20)19-13-14-23-21(22(19)24)16-9-11-17(25-2)12-10-16/h5-14H,3-4,15H2,1-2H3. The molecular formula is C22H22N2O. The van der Waals surface area contributed by atoms with Gasteiger partial charge in [-0.25, -0.2) is 0 Å². The van der Waals surface area contributed by atoms with Gasteiger partial charge in [0.2, 0.25) is 0 Å². The van der Waals surface area contributed by atoms with Crippen molar-refractivity contribution in [2.75, 3.05) is 7.11 Å². The van der Waals surface area contributed by atoms with Crippen LogP contribution in [-0.4, -0.2) is 16.7 Å². The van der Waals surface area contributed by atoms with Crippen molar-refractivity contribution in [1.82, 2.24) is 9.55 Å². The van der Waals surface area contributed by atoms with Crippen molar-refractivity contribution in [1.29, 1.82) is 0 Å². The molecule has 4 rings (SSSR count). The van der Waals surface area contributed by atoms with Gasteiger partial charge in [0.15, 0.2) is 0 Å². The molecule has 0 bridgehead atoms. The minimum absolute atomic E-state index is 0.863. The van der Waals surface area contributed by atoms with Crippen molar-refractivity contribution in [2.24, 2.45) is 0 Å². The monoisotopic (exact) mass is 330 g/mol. The van der Waals surface area contributed by atoms with Crippen molar-refractivity contribution in [3.63, 3.8) is 0 Å². The van der Waals surface area contributed by atoms with Crippen molar-refractivity contribution in [3.8, 4) is 17.0 Å². The lowest BCUT2D eigenvalue weighted by Gasteiger charge is -2.10. The van der Waals surface area contributed by atoms with E-state index in [0.29, 0.717) is 0 Å². The lowest BCUT2D eigenvalue weighted by Crippen LogP contribution is -1.99. The van der Waals surface area contributed by atoms with Crippen LogP contribution in [0, 0.1) is 0 Å². The van der Waals surface area contributed by atoms with Gasteiger partial charge in [0.05, 0.1) is 18.3 Å². The summed E-state index contributed by atoms with van der Waals surface area (Å²) >= 11 is 0. The predicted octanol–water partition coefficient (Wildman–Crippen LogP) is 5.67. The highest BCUT2D eigenvalue weighted by Gasteiger charge is 2.15. The highest BCUT2D eigenvalue weighted by molar-refractivity contribution is 6.11. The van der Waals surface area contributed by atoms with Gasteiger partial charge < -0.3 is 9.30 Å². The Morgan fingerprint density at radius 3 is 2.52 bits per heavy atom. The van der Waals surface area contributed by atoms with Crippen LogP contribution in [0.3, 0.4) is 0 Å². The maximum atomic E-state index is 5.29. The largest absolute Gasteiger partial charge is 0.497 e. The van der Waals surface area contributed by atoms with Gasteiger partial charge in [0.25, 0.3) is 0 Å². The average molecular weight is 330 g/mol. The molecule has 2 aromatic carbocycles. The van der Waals surface area contributed by atoms with E-state index in [2.05, 4.69) is 54.0 Å². The second-order valence-electron chi connectivity index (χ2n) is 6.31. The van der Waals surface area contributed by atoms with Crippen LogP contribution in [0.25, 0.3) is 33.1 Å². The Morgan fingerprint density at radius 2 is 1.76 bits per heavy atom. The lowest BCUT2D eigenvalue weighted by atomic mass is 10.1. The molecule has 0 atom stereocenters. The summed E-state index contributed by atoms with van der Waals surface area (Å²) in [7, 11) is 1.69. The summed E-state index contributed by atoms with van der Waals surface area (Å²) in [4.78, 5) is 4.73. The van der Waals surface area contributed by atoms with E-state index in [9.17, 15) is 0 Å². The molecule has 0 saturated carbocycles. The molecule has 4 aromatic rings. The van der Waals surface area contributed by atoms with E-state index in [-0.39, 0.29) is 0 Å². The van der Waals surface area contributed by atoms with E-state index in [1.165, 1.54) is 28.2 Å². The Bertz CT molecular complexity index is 1020. The van der Waals surface area contributed by atoms with Gasteiger partial charge >= 0.3 is 0 Å². The first-order valence-corrected chi connectivity index (χ1v) is 8.84. The minimum atomic E-state index is 0.863. The first-order valence-electron chi connectivity index (χ1n) is 8.84. The minimum Gasteiger partial charge on any atom is -0.497 e. The second-order valence-corrected chi connectivity index (χ2v) is 6.31. The first kappa shape index (κ1) is 15.7. The van der Waals surface area contributed by atoms with Crippen LogP contribution in [0.4, 0.5) is 0 Å². The number of para-hydroxylation sites is 1. The summed E-state index contributed by atoms with van der Waals surface area (Å²) in [6.45, 7) is 3.24. The Balaban J connectivity index is 2.01. The summed E-state index contributed by atoms with van der Waals surface area (Å²) < 4.78 is 7.72. The van der Waals surface area contributed by atoms with Crippen LogP contribution >= 0.6 is 0 Å². The molecule has 126 valence electrons. The number of fused-ring (bicyclic) bond motifs is 3. The maximum absolute atomic E-state index is 5.29. The van der Waals surface area contributed by atoms with Crippen LogP contribution in [0.15, 0.2) is 60.8 Å². The maximum Gasteiger partial charge on any atom is 0.118 e. The quantitative estimate of drug-likeness (QED) is 0.472. The number of pyridine rings is 1. The van der Waals surface area contributed by atoms with E-state index < -0.39 is 0 Å². The van der Waals surface area contributed by atoms with Crippen molar-refractivity contribution in [3.05, 3.63) is 60.8 Å². The van der Waals surface area contributed by atoms with Crippen LogP contribution < -0.4 is 4.74 Å². The van der Waals surface area contributed by atoms with E-state index in [1.54, 1.807) is 7.11 Å². The fraction of sp³-hybridized carbons (Fsp3) is 0.227. The number of aryl methyl sites for hydroxylation is 1. The topological polar surface area (TPSA) is 27.1 Å². The Labute approximate surface area is 147 Å². The van der Waals surface area contributed by atoms with Crippen molar-refractivity contribution >= 4 is 21.8 Å². The molecule has 0 spiro atoms. The number of hydrogen-bond donors (Lipinski definition) is 0. The van der Waals surface area contributed by atoms with Gasteiger partial charge in [0.1, 0.15) is 5.75 Å². The molecule has 0 fully saturated rings. The van der Waals surface area contributed by atoms with Crippen LogP contribution in [0.5, 0.6) is 5.75 Å². The summed E-state index contributed by atoms with van der Waals surface area (Å²) in [6, 6.07) is 18.9. The molecule has 0 saturated heterocycles. The Kier molecular flexibility index (Phi) is 4.14. The number of nitrogens with zero attached hydrogens (tertiary/aromatic N) is 2. The molecule has 0 N–H and O–H groups in total. The van der Waals surface area contributed by atoms with E-state index in [0.717, 1.165) is 30.0 Å². The molecule has 2 aromatic heterocycles. The SMILES string of the molecule is CCCCn1c2ccccc2c2ccnc(-c3ccc(OC)cc3)c21. The van der Waals surface area contributed by atoms with Gasteiger partial charge in [0, 0.05) is 34.6 Å². The molecule has 25 heavy (non-hydrogen) atoms. The Morgan fingerprint density at radius 1 is 0.960 bits per heavy atom. The number of unbranched alkanes of at least 4 members (excludes halogenated alkanes) is 1. The van der Waals surface area contributed by atoms with Gasteiger partial charge in [-0.2, -0.15) is 0 Å². The molecule has 3 heteroatoms. The zero-order valence-electron chi connectivity index (χ0n) is 14.7. The molecule has 0 aliphatic carbocycles. The summed E-state index contributed by atoms with van der Waals surface area (Å²) in [6.07, 6.45) is 4.25. The third kappa shape index (κ3) is 2.66. The first-order chi connectivity index (χ1) is 12.3. The number of rotatable bonds is 5. The number of benzene rings is 2. The summed E-state index contributed by atoms with van der Waals surface area (Å²) in [5.41, 5.74) is 4.66. The normalized spacial score (nSPS) is 11.3. The summed E-state index contributed by atoms with van der Waals surface area (Å²) in [5.74, 6) is 0.863. The zero-order valence-corrected chi connectivity index (χ0v) is 14.7. The second kappa shape index (κ2) is 6.60. The highest BCUT2D eigenvalue weighted by atomic mass is 16.5. The third-order valence-corrected chi connectivity index (χ3v) is 4.78. The molecule has 3 nitrogen and oxygen atoms in total. The van der Waals surface area contributed by atoms with Gasteiger partial charge in [-0.15, -0.1) is 0 Å². The third-order valence-electron chi connectivity index (χ3n) is 4.78. The van der Waals surface area contributed by atoms with E-state index >= 15 is 0 Å². The molecule has 0 aliphatic heterocycles.